The van der Waals surface area contributed by atoms with Gasteiger partial charge in [0.1, 0.15) is 23.7 Å². The Morgan fingerprint density at radius 1 is 1.03 bits per heavy atom. The van der Waals surface area contributed by atoms with Gasteiger partial charge in [-0.05, 0) is 77.0 Å². The first-order valence-corrected chi connectivity index (χ1v) is 10.5. The summed E-state index contributed by atoms with van der Waals surface area (Å²) >= 11 is 9.78. The van der Waals surface area contributed by atoms with Gasteiger partial charge in [0.25, 0.3) is 0 Å². The molecular formula is C20H8BBr3O5. The average Bonchev–Trinajstić information content (AvgIpc) is 2.69. The summed E-state index contributed by atoms with van der Waals surface area (Å²) in [5, 5.41) is 20.4. The van der Waals surface area contributed by atoms with Gasteiger partial charge in [-0.2, -0.15) is 0 Å². The normalized spacial score (nSPS) is 11.3. The van der Waals surface area contributed by atoms with Gasteiger partial charge in [0, 0.05) is 16.5 Å². The number of fused-ring (bicyclic) bond motifs is 2. The average molecular weight is 579 g/mol. The lowest BCUT2D eigenvalue weighted by Gasteiger charge is -2.19. The fourth-order valence-corrected chi connectivity index (χ4v) is 4.88. The van der Waals surface area contributed by atoms with Gasteiger partial charge in [-0.3, -0.25) is 4.79 Å². The summed E-state index contributed by atoms with van der Waals surface area (Å²) in [4.78, 5) is 24.3. The number of halogens is 3. The zero-order valence-corrected chi connectivity index (χ0v) is 19.1. The van der Waals surface area contributed by atoms with Crippen molar-refractivity contribution in [1.29, 1.82) is 0 Å². The second kappa shape index (κ2) is 7.30. The van der Waals surface area contributed by atoms with Crippen molar-refractivity contribution < 1.29 is 19.4 Å². The van der Waals surface area contributed by atoms with E-state index in [2.05, 4.69) is 47.8 Å². The van der Waals surface area contributed by atoms with E-state index in [-0.39, 0.29) is 42.5 Å². The van der Waals surface area contributed by atoms with Crippen molar-refractivity contribution in [2.45, 2.75) is 0 Å². The van der Waals surface area contributed by atoms with Crippen LogP contribution in [0.25, 0.3) is 33.4 Å². The Kier molecular flexibility index (Phi) is 5.08. The van der Waals surface area contributed by atoms with Crippen molar-refractivity contribution in [2.75, 3.05) is 0 Å². The fourth-order valence-electron chi connectivity index (χ4n) is 3.23. The summed E-state index contributed by atoms with van der Waals surface area (Å²) < 4.78 is 6.68. The minimum atomic E-state index is -1.10. The molecule has 0 saturated heterocycles. The quantitative estimate of drug-likeness (QED) is 0.257. The lowest BCUT2D eigenvalue weighted by Crippen LogP contribution is -2.11. The number of hydrogen-bond acceptors (Lipinski definition) is 4. The molecule has 2 N–H and O–H groups in total. The highest BCUT2D eigenvalue weighted by Crippen LogP contribution is 2.45. The van der Waals surface area contributed by atoms with Crippen molar-refractivity contribution in [3.05, 3.63) is 65.6 Å². The summed E-state index contributed by atoms with van der Waals surface area (Å²) in [6.07, 6.45) is 0. The zero-order chi connectivity index (χ0) is 21.0. The molecule has 4 rings (SSSR count). The number of benzene rings is 3. The van der Waals surface area contributed by atoms with Crippen LogP contribution in [-0.4, -0.2) is 24.0 Å². The van der Waals surface area contributed by atoms with Crippen LogP contribution in [0.5, 0.6) is 5.75 Å². The Morgan fingerprint density at radius 3 is 2.41 bits per heavy atom. The highest BCUT2D eigenvalue weighted by molar-refractivity contribution is 9.11. The van der Waals surface area contributed by atoms with Crippen LogP contribution in [0.15, 0.2) is 59.0 Å². The molecule has 9 heteroatoms. The van der Waals surface area contributed by atoms with Gasteiger partial charge in [0.2, 0.25) is 5.43 Å². The van der Waals surface area contributed by atoms with Crippen LogP contribution in [-0.2, 0) is 0 Å². The van der Waals surface area contributed by atoms with Gasteiger partial charge >= 0.3 is 5.97 Å². The number of phenolic OH excluding ortho intramolecular Hbond substituents is 1. The third-order valence-electron chi connectivity index (χ3n) is 4.54. The third kappa shape index (κ3) is 3.12. The van der Waals surface area contributed by atoms with Crippen LogP contribution < -0.4 is 10.9 Å². The van der Waals surface area contributed by atoms with Crippen LogP contribution in [0.3, 0.4) is 0 Å². The Labute approximate surface area is 190 Å². The maximum atomic E-state index is 12.4. The van der Waals surface area contributed by atoms with Gasteiger partial charge in [0.15, 0.2) is 5.76 Å². The molecule has 2 aromatic rings. The van der Waals surface area contributed by atoms with E-state index in [9.17, 15) is 19.8 Å². The molecule has 0 bridgehead atoms. The first-order chi connectivity index (χ1) is 13.7. The lowest BCUT2D eigenvalue weighted by atomic mass is 9.86. The summed E-state index contributed by atoms with van der Waals surface area (Å²) in [7, 11) is 6.08. The van der Waals surface area contributed by atoms with Crippen molar-refractivity contribution in [2.24, 2.45) is 0 Å². The molecule has 0 atom stereocenters. The summed E-state index contributed by atoms with van der Waals surface area (Å²) in [5.74, 6) is -1.13. The van der Waals surface area contributed by atoms with Crippen LogP contribution in [0.2, 0.25) is 0 Å². The van der Waals surface area contributed by atoms with E-state index >= 15 is 0 Å². The minimum Gasteiger partial charge on any atom is -0.507 e. The number of hydrogen-bond donors (Lipinski definition) is 2. The monoisotopic (exact) mass is 576 g/mol. The van der Waals surface area contributed by atoms with Crippen molar-refractivity contribution in [3.63, 3.8) is 0 Å². The minimum absolute atomic E-state index is 0.0346. The Hall–Kier alpha value is -2.10. The maximum Gasteiger partial charge on any atom is 0.336 e. The summed E-state index contributed by atoms with van der Waals surface area (Å²) in [6, 6.07) is 9.68. The highest BCUT2D eigenvalue weighted by atomic mass is 79.9. The lowest BCUT2D eigenvalue weighted by molar-refractivity contribution is 0.0697. The van der Waals surface area contributed by atoms with E-state index in [4.69, 9.17) is 12.3 Å². The topological polar surface area (TPSA) is 87.7 Å². The molecule has 2 aromatic carbocycles. The number of aromatic carboxylic acids is 1. The Balaban J connectivity index is 2.34. The van der Waals surface area contributed by atoms with E-state index < -0.39 is 5.97 Å². The molecule has 0 spiro atoms. The molecule has 0 fully saturated rings. The number of carboxylic acid groups (broad SMARTS) is 1. The van der Waals surface area contributed by atoms with Crippen LogP contribution in [0.4, 0.5) is 0 Å². The number of carboxylic acids is 1. The molecule has 0 saturated carbocycles. The standard InChI is InChI=1S/C20H8BBr3O5/c21-14-16(25)11(22)5-9-13(7-3-1-2-4-8(7)20(27)28)10-6-12(23)17(26)15(24)19(10)29-18(9)14/h1-6,25H,(H,27,28). The number of aromatic hydroxyl groups is 1. The van der Waals surface area contributed by atoms with Crippen molar-refractivity contribution >= 4 is 78.0 Å². The molecule has 0 amide bonds. The highest BCUT2D eigenvalue weighted by Gasteiger charge is 2.26. The Bertz CT molecular complexity index is 1360. The second-order valence-corrected chi connectivity index (χ2v) is 8.71. The second-order valence-electron chi connectivity index (χ2n) is 6.20. The van der Waals surface area contributed by atoms with Crippen LogP contribution in [0, 0.1) is 0 Å². The van der Waals surface area contributed by atoms with Gasteiger partial charge in [-0.25, -0.2) is 4.79 Å². The Morgan fingerprint density at radius 2 is 1.72 bits per heavy atom. The molecule has 0 unspecified atom stereocenters. The number of carbonyl (C=O) groups is 1. The van der Waals surface area contributed by atoms with Crippen LogP contribution in [0.1, 0.15) is 10.4 Å². The molecule has 0 aromatic heterocycles. The molecular weight excluding hydrogens is 571 g/mol. The molecule has 1 aliphatic carbocycles. The first kappa shape index (κ1) is 20.2. The molecule has 1 aliphatic heterocycles. The smallest absolute Gasteiger partial charge is 0.336 e. The van der Waals surface area contributed by atoms with E-state index in [0.717, 1.165) is 0 Å². The first-order valence-electron chi connectivity index (χ1n) is 8.10. The van der Waals surface area contributed by atoms with Gasteiger partial charge < -0.3 is 14.6 Å². The molecule has 5 nitrogen and oxygen atoms in total. The summed E-state index contributed by atoms with van der Waals surface area (Å²) in [6.45, 7) is 0. The molecule has 142 valence electrons. The van der Waals surface area contributed by atoms with E-state index in [0.29, 0.717) is 26.5 Å². The van der Waals surface area contributed by atoms with E-state index in [1.807, 2.05) is 0 Å². The fraction of sp³-hybridized carbons (Fsp3) is 0. The zero-order valence-electron chi connectivity index (χ0n) is 14.3. The molecule has 29 heavy (non-hydrogen) atoms. The van der Waals surface area contributed by atoms with Crippen molar-refractivity contribution in [1.82, 2.24) is 0 Å². The van der Waals surface area contributed by atoms with Gasteiger partial charge in [0.05, 0.1) is 14.5 Å². The SMILES string of the molecule is [B]c1c(O)c(Br)cc2c(-c3ccccc3C(=O)O)c3cc(Br)c(=O)c(Br)c-3oc12. The van der Waals surface area contributed by atoms with E-state index in [1.165, 1.54) is 6.07 Å². The molecule has 1 heterocycles. The number of rotatable bonds is 2. The summed E-state index contributed by atoms with van der Waals surface area (Å²) in [5.41, 5.74) is 1.26. The number of phenols is 1. The third-order valence-corrected chi connectivity index (χ3v) is 6.46. The van der Waals surface area contributed by atoms with Gasteiger partial charge in [-0.1, -0.05) is 18.2 Å². The predicted molar refractivity (Wildman–Crippen MR) is 122 cm³/mol. The molecule has 2 aliphatic rings. The van der Waals surface area contributed by atoms with Crippen LogP contribution >= 0.6 is 47.8 Å². The maximum absolute atomic E-state index is 12.4. The molecule has 2 radical (unpaired) electrons. The predicted octanol–water partition coefficient (Wildman–Crippen LogP) is 5.05. The van der Waals surface area contributed by atoms with Gasteiger partial charge in [-0.15, -0.1) is 0 Å². The largest absolute Gasteiger partial charge is 0.507 e. The van der Waals surface area contributed by atoms with E-state index in [1.54, 1.807) is 30.3 Å². The van der Waals surface area contributed by atoms with Crippen molar-refractivity contribution in [3.8, 4) is 28.2 Å².